The summed E-state index contributed by atoms with van der Waals surface area (Å²) in [6, 6.07) is 22.3. The monoisotopic (exact) mass is 775 g/mol. The van der Waals surface area contributed by atoms with Crippen LogP contribution in [-0.2, 0) is 32.7 Å². The molecular formula is C42H45N7O8. The van der Waals surface area contributed by atoms with E-state index < -0.39 is 18.0 Å². The van der Waals surface area contributed by atoms with E-state index in [-0.39, 0.29) is 30.5 Å². The van der Waals surface area contributed by atoms with Gasteiger partial charge in [-0.05, 0) is 79.2 Å². The Morgan fingerprint density at radius 3 is 2.47 bits per heavy atom. The lowest BCUT2D eigenvalue weighted by molar-refractivity contribution is -0.135. The number of unbranched alkanes of at least 4 members (excludes halogenated alkanes) is 2. The van der Waals surface area contributed by atoms with Gasteiger partial charge in [-0.15, -0.1) is 0 Å². The van der Waals surface area contributed by atoms with Crippen LogP contribution >= 0.6 is 0 Å². The molecule has 0 fully saturated rings. The average Bonchev–Trinajstić information content (AvgIpc) is 3.55. The zero-order valence-electron chi connectivity index (χ0n) is 32.3. The Hall–Kier alpha value is -7.03. The van der Waals surface area contributed by atoms with Crippen molar-refractivity contribution in [3.63, 3.8) is 0 Å². The van der Waals surface area contributed by atoms with Crippen LogP contribution in [0.25, 0.3) is 17.1 Å². The minimum absolute atomic E-state index is 0.0133. The van der Waals surface area contributed by atoms with Crippen molar-refractivity contribution < 1.29 is 38.1 Å². The van der Waals surface area contributed by atoms with Gasteiger partial charge in [0.25, 0.3) is 5.91 Å². The molecule has 0 aliphatic carbocycles. The molecule has 0 saturated heterocycles. The third-order valence-electron chi connectivity index (χ3n) is 8.78. The van der Waals surface area contributed by atoms with Crippen LogP contribution < -0.4 is 25.4 Å². The molecule has 5 aromatic rings. The van der Waals surface area contributed by atoms with Crippen molar-refractivity contribution in [2.24, 2.45) is 17.8 Å². The van der Waals surface area contributed by atoms with E-state index in [1.54, 1.807) is 60.8 Å². The number of ether oxygens (including phenoxy) is 4. The van der Waals surface area contributed by atoms with Gasteiger partial charge in [-0.25, -0.2) is 19.6 Å². The van der Waals surface area contributed by atoms with E-state index in [9.17, 15) is 19.2 Å². The lowest BCUT2D eigenvalue weighted by Crippen LogP contribution is -2.34. The van der Waals surface area contributed by atoms with Crippen LogP contribution in [0.15, 0.2) is 96.1 Å². The first-order valence-electron chi connectivity index (χ1n) is 18.3. The van der Waals surface area contributed by atoms with E-state index in [0.29, 0.717) is 46.9 Å². The first kappa shape index (κ1) is 41.1. The number of nitrogens with one attached hydrogen (secondary N) is 1. The second-order valence-electron chi connectivity index (χ2n) is 12.7. The summed E-state index contributed by atoms with van der Waals surface area (Å²) in [5.74, 6) is 0.303. The van der Waals surface area contributed by atoms with Gasteiger partial charge in [-0.2, -0.15) is 4.99 Å². The maximum Gasteiger partial charge on any atom is 0.435 e. The van der Waals surface area contributed by atoms with Gasteiger partial charge in [-0.3, -0.25) is 14.5 Å². The predicted octanol–water partition coefficient (Wildman–Crippen LogP) is 6.45. The number of fused-ring (bicyclic) bond motifs is 1. The molecule has 296 valence electrons. The van der Waals surface area contributed by atoms with Crippen LogP contribution in [0.4, 0.5) is 16.3 Å². The number of aryl methyl sites for hydroxylation is 1. The summed E-state index contributed by atoms with van der Waals surface area (Å²) >= 11 is 0. The molecular weight excluding hydrogens is 731 g/mol. The lowest BCUT2D eigenvalue weighted by Gasteiger charge is -2.21. The van der Waals surface area contributed by atoms with Gasteiger partial charge < -0.3 is 34.6 Å². The van der Waals surface area contributed by atoms with Gasteiger partial charge in [0.05, 0.1) is 44.8 Å². The predicted molar refractivity (Wildman–Crippen MR) is 216 cm³/mol. The number of esters is 2. The SMILES string of the molecule is CCCCCOC(=O)/N=C(\N)c1ccc(NCc2nc3cc(C(=O)N(CCC(=O)Oc4ccc(/C=C/C(=O)OC)c(OC)c4)c4ccccn4)ccc3n2C)cc1. The molecule has 2 amide bonds. The van der Waals surface area contributed by atoms with Crippen molar-refractivity contribution in [2.75, 3.05) is 37.6 Å². The molecule has 57 heavy (non-hydrogen) atoms. The van der Waals surface area contributed by atoms with Gasteiger partial charge in [0, 0.05) is 54.3 Å². The maximum absolute atomic E-state index is 14.0. The standard InChI is InChI=1S/C42H45N7O8/c1-5-6-9-24-56-42(53)47-40(43)29-11-16-31(17-12-29)45-27-37-46-33-25-30(14-19-34(33)48(37)2)41(52)49(36-10-7-8-22-44-36)23-21-39(51)57-32-18-13-28(35(26-32)54-3)15-20-38(50)55-4/h7-8,10-20,22,25-26,45H,5-6,9,21,23-24,27H2,1-4H3,(H2,43,47,53)/b20-15+. The number of amidine groups is 1. The van der Waals surface area contributed by atoms with Gasteiger partial charge in [0.1, 0.15) is 29.0 Å². The minimum atomic E-state index is -0.712. The number of anilines is 2. The molecule has 15 heteroatoms. The Morgan fingerprint density at radius 2 is 1.75 bits per heavy atom. The number of imidazole rings is 1. The van der Waals surface area contributed by atoms with Crippen LogP contribution in [0.3, 0.4) is 0 Å². The summed E-state index contributed by atoms with van der Waals surface area (Å²) in [7, 11) is 4.63. The summed E-state index contributed by atoms with van der Waals surface area (Å²) < 4.78 is 22.6. The van der Waals surface area contributed by atoms with Crippen LogP contribution in [0.1, 0.15) is 59.9 Å². The number of pyridine rings is 1. The lowest BCUT2D eigenvalue weighted by atomic mass is 10.1. The Bertz CT molecular complexity index is 2250. The third kappa shape index (κ3) is 11.3. The number of amides is 2. The van der Waals surface area contributed by atoms with E-state index in [2.05, 4.69) is 27.0 Å². The Labute approximate surface area is 330 Å². The largest absolute Gasteiger partial charge is 0.496 e. The van der Waals surface area contributed by atoms with Crippen molar-refractivity contribution in [1.82, 2.24) is 14.5 Å². The highest BCUT2D eigenvalue weighted by atomic mass is 16.5. The molecule has 2 heterocycles. The minimum Gasteiger partial charge on any atom is -0.496 e. The molecule has 5 rings (SSSR count). The van der Waals surface area contributed by atoms with Crippen molar-refractivity contribution in [2.45, 2.75) is 39.2 Å². The first-order valence-corrected chi connectivity index (χ1v) is 18.3. The molecule has 0 aliphatic rings. The molecule has 0 saturated carbocycles. The molecule has 0 atom stereocenters. The highest BCUT2D eigenvalue weighted by Crippen LogP contribution is 2.27. The summed E-state index contributed by atoms with van der Waals surface area (Å²) in [5.41, 5.74) is 9.78. The van der Waals surface area contributed by atoms with E-state index in [1.165, 1.54) is 37.3 Å². The number of benzene rings is 3. The number of carbonyl (C=O) groups excluding carboxylic acids is 4. The molecule has 15 nitrogen and oxygen atoms in total. The molecule has 0 unspecified atom stereocenters. The van der Waals surface area contributed by atoms with Gasteiger partial charge in [-0.1, -0.05) is 25.8 Å². The van der Waals surface area contributed by atoms with Crippen molar-refractivity contribution in [1.29, 1.82) is 0 Å². The van der Waals surface area contributed by atoms with E-state index in [1.807, 2.05) is 29.8 Å². The Kier molecular flexibility index (Phi) is 14.5. The quantitative estimate of drug-likeness (QED) is 0.0263. The zero-order valence-corrected chi connectivity index (χ0v) is 32.3. The number of nitrogens with two attached hydrogens (primary N) is 1. The van der Waals surface area contributed by atoms with Crippen molar-refractivity contribution >= 4 is 58.4 Å². The van der Waals surface area contributed by atoms with Gasteiger partial charge >= 0.3 is 18.0 Å². The summed E-state index contributed by atoms with van der Waals surface area (Å²) in [6.07, 6.45) is 6.28. The Balaban J connectivity index is 1.23. The molecule has 3 aromatic carbocycles. The number of hydrogen-bond donors (Lipinski definition) is 2. The number of nitrogens with zero attached hydrogens (tertiary/aromatic N) is 5. The van der Waals surface area contributed by atoms with E-state index in [0.717, 1.165) is 36.3 Å². The summed E-state index contributed by atoms with van der Waals surface area (Å²) in [4.78, 5) is 64.9. The zero-order chi connectivity index (χ0) is 40.7. The van der Waals surface area contributed by atoms with E-state index >= 15 is 0 Å². The van der Waals surface area contributed by atoms with Gasteiger partial charge in [0.15, 0.2) is 0 Å². The Morgan fingerprint density at radius 1 is 0.965 bits per heavy atom. The van der Waals surface area contributed by atoms with Crippen molar-refractivity contribution in [3.05, 3.63) is 114 Å². The second-order valence-corrected chi connectivity index (χ2v) is 12.7. The topological polar surface area (TPSA) is 190 Å². The highest BCUT2D eigenvalue weighted by molar-refractivity contribution is 6.07. The fourth-order valence-electron chi connectivity index (χ4n) is 5.68. The highest BCUT2D eigenvalue weighted by Gasteiger charge is 2.22. The van der Waals surface area contributed by atoms with E-state index in [4.69, 9.17) is 24.9 Å². The molecule has 2 aromatic heterocycles. The smallest absolute Gasteiger partial charge is 0.435 e. The molecule has 0 radical (unpaired) electrons. The number of aromatic nitrogens is 3. The fourth-order valence-corrected chi connectivity index (χ4v) is 5.68. The number of rotatable bonds is 17. The second kappa shape index (κ2) is 20.0. The van der Waals surface area contributed by atoms with Crippen LogP contribution in [0, 0.1) is 0 Å². The summed E-state index contributed by atoms with van der Waals surface area (Å²) in [6.45, 7) is 2.74. The van der Waals surface area contributed by atoms with Gasteiger partial charge in [0.2, 0.25) is 0 Å². The third-order valence-corrected chi connectivity index (χ3v) is 8.78. The van der Waals surface area contributed by atoms with Crippen LogP contribution in [0.5, 0.6) is 11.5 Å². The number of carbonyl (C=O) groups is 4. The number of aliphatic imine (C=N–C) groups is 1. The average molecular weight is 776 g/mol. The first-order chi connectivity index (χ1) is 27.6. The van der Waals surface area contributed by atoms with Crippen LogP contribution in [0.2, 0.25) is 0 Å². The fraction of sp³-hybridized carbons (Fsp3) is 0.262. The molecule has 3 N–H and O–H groups in total. The molecule has 0 bridgehead atoms. The molecule has 0 spiro atoms. The van der Waals surface area contributed by atoms with Crippen LogP contribution in [-0.4, -0.2) is 71.7 Å². The number of hydrogen-bond acceptors (Lipinski definition) is 11. The summed E-state index contributed by atoms with van der Waals surface area (Å²) in [5, 5.41) is 3.34. The normalized spacial score (nSPS) is 11.3. The molecule has 0 aliphatic heterocycles. The van der Waals surface area contributed by atoms with Crippen molar-refractivity contribution in [3.8, 4) is 11.5 Å². The maximum atomic E-state index is 14.0. The number of methoxy groups -OCH3 is 2.